The van der Waals surface area contributed by atoms with E-state index in [9.17, 15) is 9.59 Å². The molecule has 0 aromatic carbocycles. The number of anilines is 1. The van der Waals surface area contributed by atoms with Crippen LogP contribution in [0.2, 0.25) is 5.02 Å². The number of halogens is 1. The van der Waals surface area contributed by atoms with Gasteiger partial charge in [-0.1, -0.05) is 37.9 Å². The highest BCUT2D eigenvalue weighted by Crippen LogP contribution is 2.33. The van der Waals surface area contributed by atoms with Crippen LogP contribution < -0.4 is 10.6 Å². The van der Waals surface area contributed by atoms with Gasteiger partial charge in [-0.05, 0) is 77.2 Å². The summed E-state index contributed by atoms with van der Waals surface area (Å²) in [5.41, 5.74) is 2.41. The second kappa shape index (κ2) is 11.1. The van der Waals surface area contributed by atoms with E-state index in [0.717, 1.165) is 11.3 Å². The second-order valence-electron chi connectivity index (χ2n) is 11.8. The van der Waals surface area contributed by atoms with Crippen LogP contribution >= 0.6 is 11.6 Å². The molecule has 210 valence electrons. The Bertz CT molecular complexity index is 1610. The average molecular weight is 561 g/mol. The summed E-state index contributed by atoms with van der Waals surface area (Å²) >= 11 is 6.77. The van der Waals surface area contributed by atoms with Crippen LogP contribution in [0.15, 0.2) is 35.8 Å². The molecular weight excluding hydrogens is 524 g/mol. The minimum Gasteiger partial charge on any atom is -0.349 e. The number of aryl methyl sites for hydroxylation is 1. The molecule has 8 nitrogen and oxygen atoms in total. The Hall–Kier alpha value is -3.70. The highest BCUT2D eigenvalue weighted by Gasteiger charge is 2.34. The van der Waals surface area contributed by atoms with Crippen molar-refractivity contribution in [3.63, 3.8) is 0 Å². The summed E-state index contributed by atoms with van der Waals surface area (Å²) in [6.45, 7) is 20.6. The van der Waals surface area contributed by atoms with E-state index in [1.165, 1.54) is 6.08 Å². The van der Waals surface area contributed by atoms with Crippen LogP contribution in [0, 0.1) is 24.2 Å². The summed E-state index contributed by atoms with van der Waals surface area (Å²) in [6.07, 6.45) is 3.08. The van der Waals surface area contributed by atoms with Crippen molar-refractivity contribution in [3.8, 4) is 17.5 Å². The predicted octanol–water partition coefficient (Wildman–Crippen LogP) is 5.27. The van der Waals surface area contributed by atoms with E-state index in [4.69, 9.17) is 16.6 Å². The molecular formula is C31H37ClN6O2. The Labute approximate surface area is 241 Å². The van der Waals surface area contributed by atoms with Gasteiger partial charge in [0.05, 0.1) is 21.8 Å². The average Bonchev–Trinajstić information content (AvgIpc) is 2.88. The zero-order valence-electron chi connectivity index (χ0n) is 24.5. The van der Waals surface area contributed by atoms with Crippen molar-refractivity contribution < 1.29 is 4.79 Å². The maximum absolute atomic E-state index is 14.0. The van der Waals surface area contributed by atoms with E-state index in [-0.39, 0.29) is 29.3 Å². The van der Waals surface area contributed by atoms with Crippen molar-refractivity contribution in [1.29, 1.82) is 0 Å². The van der Waals surface area contributed by atoms with E-state index in [2.05, 4.69) is 33.3 Å². The summed E-state index contributed by atoms with van der Waals surface area (Å²) in [6, 6.07) is 3.45. The number of pyridine rings is 2. The first-order valence-corrected chi connectivity index (χ1v) is 13.9. The number of rotatable bonds is 4. The normalized spacial score (nSPS) is 17.6. The van der Waals surface area contributed by atoms with Gasteiger partial charge in [-0.25, -0.2) is 14.3 Å². The van der Waals surface area contributed by atoms with Crippen LogP contribution in [-0.4, -0.2) is 55.5 Å². The van der Waals surface area contributed by atoms with Crippen LogP contribution in [0.25, 0.3) is 16.7 Å². The number of aromatic nitrogens is 4. The molecule has 4 heterocycles. The standard InChI is InChI=1S/C31H37ClN6O2/c1-10-25(39)36-16-21(6)37(17-20(36)5)28-22-15-23(32)24(11-13-31(7,8)9)34-29(22)38(30(40)35-28)27-19(4)12-14-33-26(27)18(2)3/h10,12,14-15,18,20-21H,1,16-17H2,2-9H3/t20-,21+/m1/s1. The lowest BCUT2D eigenvalue weighted by molar-refractivity contribution is -0.128. The van der Waals surface area contributed by atoms with E-state index in [1.54, 1.807) is 21.7 Å². The Kier molecular flexibility index (Phi) is 8.09. The van der Waals surface area contributed by atoms with E-state index < -0.39 is 5.69 Å². The fourth-order valence-electron chi connectivity index (χ4n) is 4.99. The van der Waals surface area contributed by atoms with Gasteiger partial charge in [0.2, 0.25) is 5.91 Å². The lowest BCUT2D eigenvalue weighted by Gasteiger charge is -2.44. The summed E-state index contributed by atoms with van der Waals surface area (Å²) in [5.74, 6) is 6.75. The number of nitrogens with zero attached hydrogens (tertiary/aromatic N) is 6. The third-order valence-corrected chi connectivity index (χ3v) is 7.29. The van der Waals surface area contributed by atoms with Gasteiger partial charge in [-0.15, -0.1) is 0 Å². The largest absolute Gasteiger partial charge is 0.355 e. The van der Waals surface area contributed by atoms with Crippen molar-refractivity contribution in [1.82, 2.24) is 24.4 Å². The molecule has 0 radical (unpaired) electrons. The quantitative estimate of drug-likeness (QED) is 0.319. The van der Waals surface area contributed by atoms with Crippen LogP contribution in [0.4, 0.5) is 5.82 Å². The van der Waals surface area contributed by atoms with Crippen LogP contribution in [0.5, 0.6) is 0 Å². The zero-order chi connectivity index (χ0) is 29.5. The molecule has 40 heavy (non-hydrogen) atoms. The Morgan fingerprint density at radius 1 is 1.20 bits per heavy atom. The molecule has 1 aliphatic heterocycles. The lowest BCUT2D eigenvalue weighted by atomic mass is 9.98. The van der Waals surface area contributed by atoms with Crippen molar-refractivity contribution in [2.24, 2.45) is 5.41 Å². The molecule has 0 unspecified atom stereocenters. The SMILES string of the molecule is C=CC(=O)N1C[C@H](C)N(c2nc(=O)n(-c3c(C)ccnc3C(C)C)c3nc(C#CC(C)(C)C)c(Cl)cc23)C[C@H]1C. The monoisotopic (exact) mass is 560 g/mol. The summed E-state index contributed by atoms with van der Waals surface area (Å²) in [5, 5.41) is 1.01. The number of hydrogen-bond acceptors (Lipinski definition) is 6. The van der Waals surface area contributed by atoms with Gasteiger partial charge in [-0.3, -0.25) is 9.78 Å². The van der Waals surface area contributed by atoms with Crippen LogP contribution in [-0.2, 0) is 4.79 Å². The van der Waals surface area contributed by atoms with E-state index >= 15 is 0 Å². The van der Waals surface area contributed by atoms with Crippen LogP contribution in [0.3, 0.4) is 0 Å². The molecule has 0 N–H and O–H groups in total. The molecule has 1 fully saturated rings. The molecule has 1 saturated heterocycles. The van der Waals surface area contributed by atoms with Gasteiger partial charge >= 0.3 is 5.69 Å². The van der Waals surface area contributed by atoms with E-state index in [0.29, 0.717) is 46.3 Å². The molecule has 0 aliphatic carbocycles. The fraction of sp³-hybridized carbons (Fsp3) is 0.452. The van der Waals surface area contributed by atoms with Gasteiger partial charge in [-0.2, -0.15) is 4.98 Å². The van der Waals surface area contributed by atoms with Gasteiger partial charge in [0, 0.05) is 36.8 Å². The molecule has 1 aliphatic rings. The number of amides is 1. The van der Waals surface area contributed by atoms with Crippen LogP contribution in [0.1, 0.15) is 71.3 Å². The smallest absolute Gasteiger partial charge is 0.349 e. The first-order chi connectivity index (χ1) is 18.7. The zero-order valence-corrected chi connectivity index (χ0v) is 25.3. The number of fused-ring (bicyclic) bond motifs is 1. The molecule has 3 aromatic rings. The molecule has 0 spiro atoms. The Morgan fingerprint density at radius 2 is 1.90 bits per heavy atom. The number of hydrogen-bond donors (Lipinski definition) is 0. The molecule has 9 heteroatoms. The molecule has 1 amide bonds. The summed E-state index contributed by atoms with van der Waals surface area (Å²) in [7, 11) is 0. The Balaban J connectivity index is 2.04. The Morgan fingerprint density at radius 3 is 2.52 bits per heavy atom. The van der Waals surface area contributed by atoms with Gasteiger partial charge in [0.1, 0.15) is 11.5 Å². The molecule has 2 atom stereocenters. The number of piperazine rings is 1. The van der Waals surface area contributed by atoms with E-state index in [1.807, 2.05) is 61.5 Å². The molecule has 3 aromatic heterocycles. The van der Waals surface area contributed by atoms with Gasteiger partial charge in [0.25, 0.3) is 0 Å². The van der Waals surface area contributed by atoms with Gasteiger partial charge < -0.3 is 9.80 Å². The third kappa shape index (κ3) is 5.62. The molecule has 4 rings (SSSR count). The minimum atomic E-state index is -0.463. The molecule has 0 bridgehead atoms. The first-order valence-electron chi connectivity index (χ1n) is 13.6. The first kappa shape index (κ1) is 29.3. The topological polar surface area (TPSA) is 84.2 Å². The number of carbonyl (C=O) groups is 1. The summed E-state index contributed by atoms with van der Waals surface area (Å²) in [4.78, 5) is 44.4. The summed E-state index contributed by atoms with van der Waals surface area (Å²) < 4.78 is 1.54. The van der Waals surface area contributed by atoms with Gasteiger partial charge in [0.15, 0.2) is 5.65 Å². The maximum Gasteiger partial charge on any atom is 0.355 e. The number of carbonyl (C=O) groups excluding carboxylic acids is 1. The van der Waals surface area contributed by atoms with Crippen molar-refractivity contribution in [3.05, 3.63) is 63.4 Å². The second-order valence-corrected chi connectivity index (χ2v) is 12.2. The minimum absolute atomic E-state index is 0.0559. The van der Waals surface area contributed by atoms with Crippen molar-refractivity contribution >= 4 is 34.4 Å². The predicted molar refractivity (Wildman–Crippen MR) is 161 cm³/mol. The highest BCUT2D eigenvalue weighted by atomic mass is 35.5. The maximum atomic E-state index is 14.0. The lowest BCUT2D eigenvalue weighted by Crippen LogP contribution is -2.58. The molecule has 0 saturated carbocycles. The van der Waals surface area contributed by atoms with Crippen molar-refractivity contribution in [2.75, 3.05) is 18.0 Å². The highest BCUT2D eigenvalue weighted by molar-refractivity contribution is 6.32. The van der Waals surface area contributed by atoms with Crippen molar-refractivity contribution in [2.45, 2.75) is 73.4 Å². The third-order valence-electron chi connectivity index (χ3n) is 7.00. The fourth-order valence-corrected chi connectivity index (χ4v) is 5.19.